The predicted octanol–water partition coefficient (Wildman–Crippen LogP) is 2.77. The summed E-state index contributed by atoms with van der Waals surface area (Å²) in [6, 6.07) is 3.84. The fraction of sp³-hybridized carbons (Fsp3) is 0.714. The number of nitrogens with one attached hydrogen (secondary N) is 1. The minimum atomic E-state index is 0.747. The van der Waals surface area contributed by atoms with E-state index in [-0.39, 0.29) is 0 Å². The lowest BCUT2D eigenvalue weighted by molar-refractivity contribution is 0.183. The van der Waals surface area contributed by atoms with Gasteiger partial charge in [-0.25, -0.2) is 0 Å². The Morgan fingerprint density at radius 3 is 2.94 bits per heavy atom. The summed E-state index contributed by atoms with van der Waals surface area (Å²) in [6.45, 7) is 5.91. The maximum Gasteiger partial charge on any atom is 0.0331 e. The molecule has 1 atom stereocenters. The van der Waals surface area contributed by atoms with Crippen LogP contribution in [0.1, 0.15) is 36.1 Å². The van der Waals surface area contributed by atoms with Crippen LogP contribution in [-0.4, -0.2) is 30.1 Å². The molecule has 1 saturated heterocycles. The van der Waals surface area contributed by atoms with Crippen LogP contribution in [-0.2, 0) is 6.54 Å². The Bertz CT molecular complexity index is 370. The molecule has 94 valence electrons. The zero-order valence-electron chi connectivity index (χ0n) is 10.6. The van der Waals surface area contributed by atoms with Crippen LogP contribution >= 0.6 is 11.3 Å². The lowest BCUT2D eigenvalue weighted by Crippen LogP contribution is -2.45. The molecule has 2 heterocycles. The molecule has 1 saturated carbocycles. The molecule has 1 aromatic heterocycles. The van der Waals surface area contributed by atoms with E-state index in [0.717, 1.165) is 18.6 Å². The van der Waals surface area contributed by atoms with Crippen LogP contribution in [0.4, 0.5) is 0 Å². The number of hydrogen-bond donors (Lipinski definition) is 1. The third kappa shape index (κ3) is 3.09. The molecule has 1 aliphatic heterocycles. The fourth-order valence-corrected chi connectivity index (χ4v) is 3.64. The standard InChI is InChI=1S/C14H22N2S/c1-11-6-8-17-14(11)10-16-7-2-3-13(9-16)15-12-4-5-12/h6,8,12-13,15H,2-5,7,9-10H2,1H3. The van der Waals surface area contributed by atoms with E-state index in [4.69, 9.17) is 0 Å². The molecule has 2 fully saturated rings. The Kier molecular flexibility index (Phi) is 3.50. The number of nitrogens with zero attached hydrogens (tertiary/aromatic N) is 1. The lowest BCUT2D eigenvalue weighted by Gasteiger charge is -2.33. The Labute approximate surface area is 108 Å². The third-order valence-corrected chi connectivity index (χ3v) is 4.90. The van der Waals surface area contributed by atoms with Crippen LogP contribution in [0.5, 0.6) is 0 Å². The summed E-state index contributed by atoms with van der Waals surface area (Å²) in [5.41, 5.74) is 1.47. The van der Waals surface area contributed by atoms with E-state index in [9.17, 15) is 0 Å². The van der Waals surface area contributed by atoms with Crippen LogP contribution in [0.2, 0.25) is 0 Å². The Balaban J connectivity index is 1.54. The molecule has 1 aromatic rings. The molecular weight excluding hydrogens is 228 g/mol. The average molecular weight is 250 g/mol. The largest absolute Gasteiger partial charge is 0.310 e. The van der Waals surface area contributed by atoms with Gasteiger partial charge in [-0.3, -0.25) is 4.90 Å². The molecule has 1 aliphatic carbocycles. The highest BCUT2D eigenvalue weighted by Gasteiger charge is 2.27. The van der Waals surface area contributed by atoms with Gasteiger partial charge in [-0.05, 0) is 56.2 Å². The van der Waals surface area contributed by atoms with Crippen LogP contribution in [0.25, 0.3) is 0 Å². The third-order valence-electron chi connectivity index (χ3n) is 3.89. The van der Waals surface area contributed by atoms with Gasteiger partial charge in [-0.1, -0.05) is 0 Å². The van der Waals surface area contributed by atoms with E-state index < -0.39 is 0 Å². The summed E-state index contributed by atoms with van der Waals surface area (Å²) in [5.74, 6) is 0. The van der Waals surface area contributed by atoms with Gasteiger partial charge >= 0.3 is 0 Å². The smallest absolute Gasteiger partial charge is 0.0331 e. The van der Waals surface area contributed by atoms with E-state index >= 15 is 0 Å². The van der Waals surface area contributed by atoms with E-state index in [0.29, 0.717) is 0 Å². The van der Waals surface area contributed by atoms with Gasteiger partial charge in [0.05, 0.1) is 0 Å². The summed E-state index contributed by atoms with van der Waals surface area (Å²) < 4.78 is 0. The molecule has 3 rings (SSSR count). The minimum absolute atomic E-state index is 0.747. The summed E-state index contributed by atoms with van der Waals surface area (Å²) in [7, 11) is 0. The number of aryl methyl sites for hydroxylation is 1. The van der Waals surface area contributed by atoms with E-state index in [1.807, 2.05) is 11.3 Å². The first-order valence-electron chi connectivity index (χ1n) is 6.82. The second kappa shape index (κ2) is 5.09. The minimum Gasteiger partial charge on any atom is -0.310 e. The van der Waals surface area contributed by atoms with Crippen molar-refractivity contribution in [3.8, 4) is 0 Å². The number of thiophene rings is 1. The molecule has 0 bridgehead atoms. The van der Waals surface area contributed by atoms with Gasteiger partial charge in [-0.15, -0.1) is 11.3 Å². The first-order chi connectivity index (χ1) is 8.31. The van der Waals surface area contributed by atoms with Crippen LogP contribution in [0, 0.1) is 6.92 Å². The molecule has 2 aliphatic rings. The van der Waals surface area contributed by atoms with Gasteiger partial charge in [0.25, 0.3) is 0 Å². The van der Waals surface area contributed by atoms with Crippen molar-refractivity contribution in [2.45, 2.75) is 51.2 Å². The maximum absolute atomic E-state index is 3.78. The van der Waals surface area contributed by atoms with Crippen molar-refractivity contribution >= 4 is 11.3 Å². The van der Waals surface area contributed by atoms with Gasteiger partial charge in [0, 0.05) is 30.1 Å². The summed E-state index contributed by atoms with van der Waals surface area (Å²) >= 11 is 1.91. The Hall–Kier alpha value is -0.380. The van der Waals surface area contributed by atoms with Crippen molar-refractivity contribution in [2.24, 2.45) is 0 Å². The SMILES string of the molecule is Cc1ccsc1CN1CCCC(NC2CC2)C1. The fourth-order valence-electron chi connectivity index (χ4n) is 2.69. The van der Waals surface area contributed by atoms with Crippen molar-refractivity contribution in [1.82, 2.24) is 10.2 Å². The molecule has 1 unspecified atom stereocenters. The number of hydrogen-bond acceptors (Lipinski definition) is 3. The molecule has 1 N–H and O–H groups in total. The van der Waals surface area contributed by atoms with Gasteiger partial charge in [0.2, 0.25) is 0 Å². The first-order valence-corrected chi connectivity index (χ1v) is 7.70. The van der Waals surface area contributed by atoms with Crippen molar-refractivity contribution in [1.29, 1.82) is 0 Å². The van der Waals surface area contributed by atoms with Crippen LogP contribution in [0.3, 0.4) is 0 Å². The average Bonchev–Trinajstić information content (AvgIpc) is 3.04. The van der Waals surface area contributed by atoms with Crippen molar-refractivity contribution in [2.75, 3.05) is 13.1 Å². The second-order valence-corrected chi connectivity index (χ2v) is 6.54. The second-order valence-electron chi connectivity index (χ2n) is 5.54. The lowest BCUT2D eigenvalue weighted by atomic mass is 10.1. The normalized spacial score (nSPS) is 26.3. The monoisotopic (exact) mass is 250 g/mol. The van der Waals surface area contributed by atoms with E-state index in [1.165, 1.54) is 44.3 Å². The number of rotatable bonds is 4. The van der Waals surface area contributed by atoms with Gasteiger partial charge in [-0.2, -0.15) is 0 Å². The van der Waals surface area contributed by atoms with Crippen molar-refractivity contribution < 1.29 is 0 Å². The molecule has 3 heteroatoms. The van der Waals surface area contributed by atoms with Gasteiger partial charge < -0.3 is 5.32 Å². The molecule has 0 aromatic carbocycles. The first kappa shape index (κ1) is 11.7. The van der Waals surface area contributed by atoms with E-state index in [2.05, 4.69) is 28.6 Å². The summed E-state index contributed by atoms with van der Waals surface area (Å²) in [4.78, 5) is 4.18. The molecule has 2 nitrogen and oxygen atoms in total. The van der Waals surface area contributed by atoms with Gasteiger partial charge in [0.15, 0.2) is 0 Å². The van der Waals surface area contributed by atoms with Gasteiger partial charge in [0.1, 0.15) is 0 Å². The molecular formula is C14H22N2S. The quantitative estimate of drug-likeness (QED) is 0.884. The van der Waals surface area contributed by atoms with E-state index in [1.54, 1.807) is 4.88 Å². The molecule has 0 spiro atoms. The summed E-state index contributed by atoms with van der Waals surface area (Å²) in [6.07, 6.45) is 5.53. The maximum atomic E-state index is 3.78. The predicted molar refractivity (Wildman–Crippen MR) is 73.5 cm³/mol. The topological polar surface area (TPSA) is 15.3 Å². The Morgan fingerprint density at radius 1 is 1.35 bits per heavy atom. The zero-order chi connectivity index (χ0) is 11.7. The molecule has 0 radical (unpaired) electrons. The highest BCUT2D eigenvalue weighted by Crippen LogP contribution is 2.24. The molecule has 0 amide bonds. The van der Waals surface area contributed by atoms with Crippen LogP contribution < -0.4 is 5.32 Å². The van der Waals surface area contributed by atoms with Crippen molar-refractivity contribution in [3.63, 3.8) is 0 Å². The zero-order valence-corrected chi connectivity index (χ0v) is 11.4. The molecule has 17 heavy (non-hydrogen) atoms. The van der Waals surface area contributed by atoms with Crippen LogP contribution in [0.15, 0.2) is 11.4 Å². The highest BCUT2D eigenvalue weighted by molar-refractivity contribution is 7.10. The highest BCUT2D eigenvalue weighted by atomic mass is 32.1. The summed E-state index contributed by atoms with van der Waals surface area (Å²) in [5, 5.41) is 6.00. The van der Waals surface area contributed by atoms with Crippen molar-refractivity contribution in [3.05, 3.63) is 21.9 Å². The number of piperidine rings is 1. The number of likely N-dealkylation sites (tertiary alicyclic amines) is 1. The Morgan fingerprint density at radius 2 is 2.24 bits per heavy atom.